The molecule has 1 fully saturated rings. The maximum atomic E-state index is 5.87. The third-order valence-corrected chi connectivity index (χ3v) is 3.79. The summed E-state index contributed by atoms with van der Waals surface area (Å²) in [6.07, 6.45) is 3.89. The van der Waals surface area contributed by atoms with Crippen molar-refractivity contribution in [3.63, 3.8) is 0 Å². The van der Waals surface area contributed by atoms with E-state index >= 15 is 0 Å². The summed E-state index contributed by atoms with van der Waals surface area (Å²) in [4.78, 5) is 11.5. The van der Waals surface area contributed by atoms with Gasteiger partial charge in [0.1, 0.15) is 11.6 Å². The van der Waals surface area contributed by atoms with Gasteiger partial charge in [-0.15, -0.1) is 0 Å². The fourth-order valence-corrected chi connectivity index (χ4v) is 2.65. The topological polar surface area (TPSA) is 56.1 Å². The summed E-state index contributed by atoms with van der Waals surface area (Å²) in [5.74, 6) is 2.25. The number of ether oxygens (including phenoxy) is 1. The lowest BCUT2D eigenvalue weighted by Crippen LogP contribution is -2.44. The first-order valence-corrected chi connectivity index (χ1v) is 7.81. The summed E-state index contributed by atoms with van der Waals surface area (Å²) in [6, 6.07) is 3.99. The first kappa shape index (κ1) is 15.0. The van der Waals surface area contributed by atoms with E-state index in [0.29, 0.717) is 12.5 Å². The minimum atomic E-state index is 0.131. The molecule has 3 heterocycles. The van der Waals surface area contributed by atoms with E-state index in [1.54, 1.807) is 6.20 Å². The molecular weight excluding hydrogens is 278 g/mol. The lowest BCUT2D eigenvalue weighted by Gasteiger charge is -2.34. The second-order valence-corrected chi connectivity index (χ2v) is 6.05. The Kier molecular flexibility index (Phi) is 4.38. The average Bonchev–Trinajstić information content (AvgIpc) is 3.00. The fourth-order valence-electron chi connectivity index (χ4n) is 2.65. The second-order valence-electron chi connectivity index (χ2n) is 6.05. The highest BCUT2D eigenvalue weighted by Crippen LogP contribution is 2.20. The number of rotatable bonds is 4. The lowest BCUT2D eigenvalue weighted by molar-refractivity contribution is 0.0271. The Hall–Kier alpha value is -1.95. The molecule has 22 heavy (non-hydrogen) atoms. The maximum absolute atomic E-state index is 5.87. The van der Waals surface area contributed by atoms with Gasteiger partial charge in [0.2, 0.25) is 0 Å². The van der Waals surface area contributed by atoms with Crippen LogP contribution < -0.4 is 4.90 Å². The van der Waals surface area contributed by atoms with Crippen molar-refractivity contribution in [3.05, 3.63) is 36.0 Å². The minimum Gasteiger partial charge on any atom is -0.373 e. The van der Waals surface area contributed by atoms with Crippen LogP contribution in [-0.2, 0) is 11.3 Å². The molecule has 1 unspecified atom stereocenters. The molecule has 0 radical (unpaired) electrons. The molecule has 2 aromatic rings. The largest absolute Gasteiger partial charge is 0.373 e. The second kappa shape index (κ2) is 6.44. The van der Waals surface area contributed by atoms with Gasteiger partial charge in [0.25, 0.3) is 0 Å². The number of anilines is 1. The van der Waals surface area contributed by atoms with E-state index in [2.05, 4.69) is 34.9 Å². The van der Waals surface area contributed by atoms with E-state index in [1.165, 1.54) is 0 Å². The standard InChI is InChI=1S/C16H23N5O/c1-12(2)16-18-13(3)9-15(19-16)20-7-8-22-14(10-20)11-21-6-4-5-17-21/h4-6,9,12,14H,7-8,10-11H2,1-3H3. The number of hydrogen-bond acceptors (Lipinski definition) is 5. The number of morpholine rings is 1. The number of nitrogens with zero attached hydrogens (tertiary/aromatic N) is 5. The van der Waals surface area contributed by atoms with Crippen LogP contribution in [0.2, 0.25) is 0 Å². The molecule has 0 aromatic carbocycles. The van der Waals surface area contributed by atoms with Crippen LogP contribution in [0.15, 0.2) is 24.5 Å². The van der Waals surface area contributed by atoms with Gasteiger partial charge in [-0.2, -0.15) is 5.10 Å². The highest BCUT2D eigenvalue weighted by Gasteiger charge is 2.23. The monoisotopic (exact) mass is 301 g/mol. The van der Waals surface area contributed by atoms with Crippen molar-refractivity contribution >= 4 is 5.82 Å². The van der Waals surface area contributed by atoms with Crippen molar-refractivity contribution in [2.75, 3.05) is 24.6 Å². The Morgan fingerprint density at radius 3 is 2.95 bits per heavy atom. The van der Waals surface area contributed by atoms with Crippen LogP contribution >= 0.6 is 0 Å². The Labute approximate surface area is 131 Å². The molecule has 6 nitrogen and oxygen atoms in total. The summed E-state index contributed by atoms with van der Waals surface area (Å²) in [7, 11) is 0. The van der Waals surface area contributed by atoms with Crippen LogP contribution in [0.1, 0.15) is 31.3 Å². The van der Waals surface area contributed by atoms with Gasteiger partial charge < -0.3 is 9.64 Å². The Bertz CT molecular complexity index is 611. The van der Waals surface area contributed by atoms with Gasteiger partial charge >= 0.3 is 0 Å². The summed E-state index contributed by atoms with van der Waals surface area (Å²) in [5, 5.41) is 4.25. The van der Waals surface area contributed by atoms with Gasteiger partial charge in [0, 0.05) is 43.2 Å². The molecule has 1 atom stereocenters. The normalized spacial score (nSPS) is 18.9. The predicted octanol–water partition coefficient (Wildman–Crippen LogP) is 2.01. The molecule has 0 aliphatic carbocycles. The highest BCUT2D eigenvalue weighted by atomic mass is 16.5. The van der Waals surface area contributed by atoms with Gasteiger partial charge in [-0.25, -0.2) is 9.97 Å². The Morgan fingerprint density at radius 1 is 1.36 bits per heavy atom. The maximum Gasteiger partial charge on any atom is 0.133 e. The highest BCUT2D eigenvalue weighted by molar-refractivity contribution is 5.40. The van der Waals surface area contributed by atoms with Gasteiger partial charge in [-0.05, 0) is 13.0 Å². The minimum absolute atomic E-state index is 0.131. The molecule has 1 saturated heterocycles. The van der Waals surface area contributed by atoms with E-state index in [0.717, 1.165) is 37.0 Å². The third kappa shape index (κ3) is 3.44. The third-order valence-electron chi connectivity index (χ3n) is 3.79. The Morgan fingerprint density at radius 2 is 2.23 bits per heavy atom. The number of aromatic nitrogens is 4. The fraction of sp³-hybridized carbons (Fsp3) is 0.562. The van der Waals surface area contributed by atoms with Gasteiger partial charge in [-0.3, -0.25) is 4.68 Å². The number of hydrogen-bond donors (Lipinski definition) is 0. The van der Waals surface area contributed by atoms with Crippen molar-refractivity contribution in [2.24, 2.45) is 0 Å². The van der Waals surface area contributed by atoms with Crippen molar-refractivity contribution in [1.29, 1.82) is 0 Å². The summed E-state index contributed by atoms with van der Waals surface area (Å²) < 4.78 is 7.78. The van der Waals surface area contributed by atoms with Crippen molar-refractivity contribution in [1.82, 2.24) is 19.7 Å². The summed E-state index contributed by atoms with van der Waals surface area (Å²) in [5.41, 5.74) is 1.02. The molecule has 0 N–H and O–H groups in total. The van der Waals surface area contributed by atoms with E-state index in [9.17, 15) is 0 Å². The molecule has 118 valence electrons. The summed E-state index contributed by atoms with van der Waals surface area (Å²) in [6.45, 7) is 9.45. The average molecular weight is 301 g/mol. The van der Waals surface area contributed by atoms with Gasteiger partial charge in [0.15, 0.2) is 0 Å². The number of aryl methyl sites for hydroxylation is 1. The molecule has 1 aliphatic heterocycles. The smallest absolute Gasteiger partial charge is 0.133 e. The van der Waals surface area contributed by atoms with Crippen LogP contribution in [0.4, 0.5) is 5.82 Å². The van der Waals surface area contributed by atoms with Gasteiger partial charge in [-0.1, -0.05) is 13.8 Å². The van der Waals surface area contributed by atoms with E-state index in [4.69, 9.17) is 9.72 Å². The predicted molar refractivity (Wildman–Crippen MR) is 85.0 cm³/mol. The molecular formula is C16H23N5O. The van der Waals surface area contributed by atoms with Crippen LogP contribution in [0.25, 0.3) is 0 Å². The zero-order chi connectivity index (χ0) is 15.5. The SMILES string of the molecule is Cc1cc(N2CCOC(Cn3cccn3)C2)nc(C(C)C)n1. The Balaban J connectivity index is 1.74. The van der Waals surface area contributed by atoms with Crippen molar-refractivity contribution in [3.8, 4) is 0 Å². The molecule has 3 rings (SSSR count). The molecule has 0 spiro atoms. The van der Waals surface area contributed by atoms with Crippen molar-refractivity contribution in [2.45, 2.75) is 39.3 Å². The van der Waals surface area contributed by atoms with E-state index < -0.39 is 0 Å². The molecule has 0 saturated carbocycles. The molecule has 2 aromatic heterocycles. The van der Waals surface area contributed by atoms with Crippen LogP contribution in [-0.4, -0.2) is 45.5 Å². The molecule has 6 heteroatoms. The zero-order valence-corrected chi connectivity index (χ0v) is 13.4. The van der Waals surface area contributed by atoms with Crippen LogP contribution in [0.5, 0.6) is 0 Å². The quantitative estimate of drug-likeness (QED) is 0.864. The van der Waals surface area contributed by atoms with Gasteiger partial charge in [0.05, 0.1) is 19.3 Å². The van der Waals surface area contributed by atoms with Crippen LogP contribution in [0, 0.1) is 6.92 Å². The molecule has 0 amide bonds. The first-order chi connectivity index (χ1) is 10.6. The van der Waals surface area contributed by atoms with E-state index in [1.807, 2.05) is 23.9 Å². The van der Waals surface area contributed by atoms with E-state index in [-0.39, 0.29) is 6.10 Å². The van der Waals surface area contributed by atoms with Crippen molar-refractivity contribution < 1.29 is 4.74 Å². The van der Waals surface area contributed by atoms with Crippen LogP contribution in [0.3, 0.4) is 0 Å². The first-order valence-electron chi connectivity index (χ1n) is 7.81. The summed E-state index contributed by atoms with van der Waals surface area (Å²) >= 11 is 0. The molecule has 0 bridgehead atoms. The zero-order valence-electron chi connectivity index (χ0n) is 13.4. The lowest BCUT2D eigenvalue weighted by atomic mass is 10.2. The molecule has 1 aliphatic rings.